The number of rotatable bonds is 6. The second-order valence-corrected chi connectivity index (χ2v) is 6.53. The van der Waals surface area contributed by atoms with Gasteiger partial charge < -0.3 is 9.73 Å². The summed E-state index contributed by atoms with van der Waals surface area (Å²) in [7, 11) is 0. The van der Waals surface area contributed by atoms with Crippen LogP contribution in [0.1, 0.15) is 19.9 Å². The van der Waals surface area contributed by atoms with E-state index in [1.807, 2.05) is 24.5 Å². The van der Waals surface area contributed by atoms with Crippen LogP contribution in [0.2, 0.25) is 0 Å². The van der Waals surface area contributed by atoms with E-state index in [1.54, 1.807) is 12.3 Å². The zero-order valence-corrected chi connectivity index (χ0v) is 14.6. The van der Waals surface area contributed by atoms with E-state index in [-0.39, 0.29) is 23.5 Å². The average Bonchev–Trinajstić information content (AvgIpc) is 3.24. The Morgan fingerprint density at radius 3 is 2.68 bits per heavy atom. The molecule has 0 saturated heterocycles. The van der Waals surface area contributed by atoms with Gasteiger partial charge in [-0.05, 0) is 50.2 Å². The Bertz CT molecular complexity index is 844. The number of hydrogen-bond acceptors (Lipinski definition) is 5. The van der Waals surface area contributed by atoms with Crippen molar-refractivity contribution in [1.29, 1.82) is 0 Å². The zero-order valence-electron chi connectivity index (χ0n) is 13.8. The molecule has 0 spiro atoms. The topological polar surface area (TPSA) is 73.0 Å². The van der Waals surface area contributed by atoms with Crippen LogP contribution in [0.4, 0.5) is 10.1 Å². The van der Waals surface area contributed by atoms with Crippen molar-refractivity contribution in [2.75, 3.05) is 11.1 Å². The highest BCUT2D eigenvalue weighted by Crippen LogP contribution is 2.27. The molecule has 3 rings (SSSR count). The number of halogens is 1. The normalized spacial score (nSPS) is 11.0. The molecule has 0 aliphatic rings. The fourth-order valence-corrected chi connectivity index (χ4v) is 3.14. The van der Waals surface area contributed by atoms with Gasteiger partial charge in [0.1, 0.15) is 5.82 Å². The standard InChI is InChI=1S/C17H17FN4O2S/c1-11(2)22-16(14-4-3-9-24-14)20-21-17(22)25-10-15(23)19-13-7-5-12(18)6-8-13/h3-9,11H,10H2,1-2H3,(H,19,23). The minimum atomic E-state index is -0.345. The number of aromatic nitrogens is 3. The Morgan fingerprint density at radius 1 is 1.28 bits per heavy atom. The second kappa shape index (κ2) is 7.52. The van der Waals surface area contributed by atoms with E-state index in [0.29, 0.717) is 22.4 Å². The smallest absolute Gasteiger partial charge is 0.234 e. The molecule has 6 nitrogen and oxygen atoms in total. The molecule has 2 heterocycles. The van der Waals surface area contributed by atoms with Crippen LogP contribution < -0.4 is 5.32 Å². The van der Waals surface area contributed by atoms with Gasteiger partial charge in [0, 0.05) is 11.7 Å². The summed E-state index contributed by atoms with van der Waals surface area (Å²) in [4.78, 5) is 12.1. The first-order valence-electron chi connectivity index (χ1n) is 7.71. The van der Waals surface area contributed by atoms with E-state index in [2.05, 4.69) is 15.5 Å². The first kappa shape index (κ1) is 17.2. The number of hydrogen-bond donors (Lipinski definition) is 1. The number of nitrogens with zero attached hydrogens (tertiary/aromatic N) is 3. The van der Waals surface area contributed by atoms with E-state index in [0.717, 1.165) is 0 Å². The number of benzene rings is 1. The van der Waals surface area contributed by atoms with Crippen molar-refractivity contribution in [3.05, 3.63) is 48.5 Å². The number of amides is 1. The first-order valence-corrected chi connectivity index (χ1v) is 8.70. The lowest BCUT2D eigenvalue weighted by atomic mass is 10.3. The molecule has 0 unspecified atom stereocenters. The third kappa shape index (κ3) is 4.08. The maximum absolute atomic E-state index is 12.9. The molecule has 1 N–H and O–H groups in total. The van der Waals surface area contributed by atoms with E-state index < -0.39 is 0 Å². The SMILES string of the molecule is CC(C)n1c(SCC(=O)Nc2ccc(F)cc2)nnc1-c1ccco1. The van der Waals surface area contributed by atoms with Crippen LogP contribution in [-0.2, 0) is 4.79 Å². The maximum atomic E-state index is 12.9. The molecule has 8 heteroatoms. The number of carbonyl (C=O) groups is 1. The Kier molecular flexibility index (Phi) is 5.18. The van der Waals surface area contributed by atoms with Crippen molar-refractivity contribution in [2.24, 2.45) is 0 Å². The third-order valence-corrected chi connectivity index (χ3v) is 4.33. The number of nitrogens with one attached hydrogen (secondary N) is 1. The van der Waals surface area contributed by atoms with Crippen LogP contribution in [-0.4, -0.2) is 26.4 Å². The largest absolute Gasteiger partial charge is 0.461 e. The van der Waals surface area contributed by atoms with Crippen LogP contribution >= 0.6 is 11.8 Å². The van der Waals surface area contributed by atoms with E-state index in [1.165, 1.54) is 36.0 Å². The summed E-state index contributed by atoms with van der Waals surface area (Å²) < 4.78 is 20.2. The lowest BCUT2D eigenvalue weighted by Gasteiger charge is -2.12. The highest BCUT2D eigenvalue weighted by molar-refractivity contribution is 7.99. The molecule has 1 aromatic carbocycles. The Morgan fingerprint density at radius 2 is 2.04 bits per heavy atom. The summed E-state index contributed by atoms with van der Waals surface area (Å²) in [6.07, 6.45) is 1.58. The average molecular weight is 360 g/mol. The molecule has 0 saturated carbocycles. The fourth-order valence-electron chi connectivity index (χ4n) is 2.28. The van der Waals surface area contributed by atoms with Crippen LogP contribution in [0.3, 0.4) is 0 Å². The molecule has 25 heavy (non-hydrogen) atoms. The molecule has 0 aliphatic carbocycles. The lowest BCUT2D eigenvalue weighted by Crippen LogP contribution is -2.15. The van der Waals surface area contributed by atoms with Gasteiger partial charge in [0.2, 0.25) is 11.7 Å². The summed E-state index contributed by atoms with van der Waals surface area (Å²) >= 11 is 1.29. The van der Waals surface area contributed by atoms with Crippen molar-refractivity contribution in [1.82, 2.24) is 14.8 Å². The molecular formula is C17H17FN4O2S. The Labute approximate surface area is 148 Å². The minimum absolute atomic E-state index is 0.109. The highest BCUT2D eigenvalue weighted by Gasteiger charge is 2.19. The van der Waals surface area contributed by atoms with E-state index in [4.69, 9.17) is 4.42 Å². The molecule has 0 bridgehead atoms. The Hall–Kier alpha value is -2.61. The van der Waals surface area contributed by atoms with Crippen molar-refractivity contribution in [3.63, 3.8) is 0 Å². The monoisotopic (exact) mass is 360 g/mol. The van der Waals surface area contributed by atoms with Gasteiger partial charge in [-0.1, -0.05) is 11.8 Å². The van der Waals surface area contributed by atoms with Crippen LogP contribution in [0.15, 0.2) is 52.2 Å². The molecule has 3 aromatic rings. The maximum Gasteiger partial charge on any atom is 0.234 e. The Balaban J connectivity index is 1.68. The third-order valence-electron chi connectivity index (χ3n) is 3.38. The van der Waals surface area contributed by atoms with Gasteiger partial charge in [0.15, 0.2) is 10.9 Å². The van der Waals surface area contributed by atoms with Gasteiger partial charge in [-0.15, -0.1) is 10.2 Å². The highest BCUT2D eigenvalue weighted by atomic mass is 32.2. The lowest BCUT2D eigenvalue weighted by molar-refractivity contribution is -0.113. The van der Waals surface area contributed by atoms with Gasteiger partial charge in [0.05, 0.1) is 12.0 Å². The molecule has 0 atom stereocenters. The van der Waals surface area contributed by atoms with Gasteiger partial charge in [-0.25, -0.2) is 4.39 Å². The molecule has 0 fully saturated rings. The van der Waals surface area contributed by atoms with E-state index in [9.17, 15) is 9.18 Å². The number of anilines is 1. The second-order valence-electron chi connectivity index (χ2n) is 5.59. The van der Waals surface area contributed by atoms with Gasteiger partial charge in [-0.2, -0.15) is 0 Å². The zero-order chi connectivity index (χ0) is 17.8. The number of thioether (sulfide) groups is 1. The number of carbonyl (C=O) groups excluding carboxylic acids is 1. The molecule has 130 valence electrons. The molecule has 1 amide bonds. The van der Waals surface area contributed by atoms with Crippen molar-refractivity contribution in [3.8, 4) is 11.6 Å². The predicted molar refractivity (Wildman–Crippen MR) is 93.9 cm³/mol. The molecule has 0 radical (unpaired) electrons. The van der Waals surface area contributed by atoms with Gasteiger partial charge >= 0.3 is 0 Å². The van der Waals surface area contributed by atoms with Gasteiger partial charge in [0.25, 0.3) is 0 Å². The molecule has 0 aliphatic heterocycles. The summed E-state index contributed by atoms with van der Waals surface area (Å²) in [6, 6.07) is 9.35. The van der Waals surface area contributed by atoms with Crippen molar-refractivity contribution in [2.45, 2.75) is 25.0 Å². The molecular weight excluding hydrogens is 343 g/mol. The molecule has 2 aromatic heterocycles. The minimum Gasteiger partial charge on any atom is -0.461 e. The quantitative estimate of drug-likeness (QED) is 0.673. The van der Waals surface area contributed by atoms with E-state index >= 15 is 0 Å². The summed E-state index contributed by atoms with van der Waals surface area (Å²) in [5, 5.41) is 11.7. The van der Waals surface area contributed by atoms with Crippen LogP contribution in [0, 0.1) is 5.82 Å². The van der Waals surface area contributed by atoms with Gasteiger partial charge in [-0.3, -0.25) is 9.36 Å². The fraction of sp³-hybridized carbons (Fsp3) is 0.235. The van der Waals surface area contributed by atoms with Crippen LogP contribution in [0.25, 0.3) is 11.6 Å². The predicted octanol–water partition coefficient (Wildman–Crippen LogP) is 3.99. The first-order chi connectivity index (χ1) is 12.0. The summed E-state index contributed by atoms with van der Waals surface area (Å²) in [5.74, 6) is 0.878. The number of furan rings is 1. The summed E-state index contributed by atoms with van der Waals surface area (Å²) in [6.45, 7) is 4.02. The van der Waals surface area contributed by atoms with Crippen LogP contribution in [0.5, 0.6) is 0 Å². The summed E-state index contributed by atoms with van der Waals surface area (Å²) in [5.41, 5.74) is 0.550. The van der Waals surface area contributed by atoms with Crippen molar-refractivity contribution >= 4 is 23.4 Å². The van der Waals surface area contributed by atoms with Crippen molar-refractivity contribution < 1.29 is 13.6 Å².